The molecule has 0 aliphatic carbocycles. The minimum absolute atomic E-state index is 0.130. The summed E-state index contributed by atoms with van der Waals surface area (Å²) < 4.78 is 0. The van der Waals surface area contributed by atoms with Crippen molar-refractivity contribution >= 4 is 11.7 Å². The van der Waals surface area contributed by atoms with E-state index < -0.39 is 0 Å². The van der Waals surface area contributed by atoms with Gasteiger partial charge in [0.05, 0.1) is 0 Å². The van der Waals surface area contributed by atoms with E-state index in [0.717, 1.165) is 24.1 Å². The Hall–Kier alpha value is -2.29. The molecule has 2 rings (SSSR count). The average molecular weight is 310 g/mol. The summed E-state index contributed by atoms with van der Waals surface area (Å²) in [7, 11) is 0. The van der Waals surface area contributed by atoms with E-state index in [1.54, 1.807) is 0 Å². The molecule has 2 amide bonds. The van der Waals surface area contributed by atoms with Crippen LogP contribution in [0.1, 0.15) is 42.9 Å². The van der Waals surface area contributed by atoms with E-state index >= 15 is 0 Å². The first-order valence-electron chi connectivity index (χ1n) is 8.26. The monoisotopic (exact) mass is 310 g/mol. The lowest BCUT2D eigenvalue weighted by Crippen LogP contribution is -2.30. The van der Waals surface area contributed by atoms with E-state index in [2.05, 4.69) is 42.7 Å². The summed E-state index contributed by atoms with van der Waals surface area (Å²) in [5.41, 5.74) is 4.50. The Bertz CT molecular complexity index is 635. The number of urea groups is 1. The van der Waals surface area contributed by atoms with E-state index in [-0.39, 0.29) is 6.03 Å². The number of aryl methyl sites for hydroxylation is 2. The Kier molecular flexibility index (Phi) is 6.21. The van der Waals surface area contributed by atoms with E-state index in [1.165, 1.54) is 11.1 Å². The Labute approximate surface area is 139 Å². The van der Waals surface area contributed by atoms with Crippen LogP contribution < -0.4 is 10.6 Å². The zero-order valence-corrected chi connectivity index (χ0v) is 14.2. The zero-order valence-electron chi connectivity index (χ0n) is 14.2. The maximum Gasteiger partial charge on any atom is 0.319 e. The first-order valence-corrected chi connectivity index (χ1v) is 8.26. The molecule has 0 spiro atoms. The maximum absolute atomic E-state index is 12.1. The molecule has 122 valence electrons. The molecule has 0 aliphatic rings. The Morgan fingerprint density at radius 1 is 1.04 bits per heavy atom. The second-order valence-corrected chi connectivity index (χ2v) is 6.16. The lowest BCUT2D eigenvalue weighted by molar-refractivity contribution is 0.252. The molecular formula is C20H26N2O. The predicted octanol–water partition coefficient (Wildman–Crippen LogP) is 4.87. The van der Waals surface area contributed by atoms with Crippen molar-refractivity contribution in [1.29, 1.82) is 0 Å². The van der Waals surface area contributed by atoms with Gasteiger partial charge in [-0.25, -0.2) is 4.79 Å². The van der Waals surface area contributed by atoms with Crippen LogP contribution in [-0.4, -0.2) is 12.6 Å². The summed E-state index contributed by atoms with van der Waals surface area (Å²) in [6, 6.07) is 16.3. The number of rotatable bonds is 6. The number of hydrogen-bond acceptors (Lipinski definition) is 1. The summed E-state index contributed by atoms with van der Waals surface area (Å²) in [6.45, 7) is 6.97. The first-order chi connectivity index (χ1) is 11.1. The van der Waals surface area contributed by atoms with Gasteiger partial charge in [-0.3, -0.25) is 0 Å². The second-order valence-electron chi connectivity index (χ2n) is 6.16. The number of para-hydroxylation sites is 1. The predicted molar refractivity (Wildman–Crippen MR) is 97.1 cm³/mol. The second kappa shape index (κ2) is 8.37. The van der Waals surface area contributed by atoms with Crippen molar-refractivity contribution in [1.82, 2.24) is 5.32 Å². The van der Waals surface area contributed by atoms with Crippen LogP contribution in [0.5, 0.6) is 0 Å². The SMILES string of the molecule is Cc1cccc(C(C)C)c1NC(=O)NCCCc1ccccc1. The number of nitrogens with one attached hydrogen (secondary N) is 2. The van der Waals surface area contributed by atoms with Crippen LogP contribution >= 0.6 is 0 Å². The van der Waals surface area contributed by atoms with Crippen molar-refractivity contribution in [2.75, 3.05) is 11.9 Å². The molecule has 0 aromatic heterocycles. The number of anilines is 1. The number of benzene rings is 2. The molecule has 2 aromatic carbocycles. The van der Waals surface area contributed by atoms with Crippen LogP contribution in [0.4, 0.5) is 10.5 Å². The van der Waals surface area contributed by atoms with Gasteiger partial charge in [-0.2, -0.15) is 0 Å². The Morgan fingerprint density at radius 3 is 2.48 bits per heavy atom. The number of carbonyl (C=O) groups excluding carboxylic acids is 1. The third-order valence-electron chi connectivity index (χ3n) is 3.94. The van der Waals surface area contributed by atoms with Crippen LogP contribution in [0.15, 0.2) is 48.5 Å². The molecular weight excluding hydrogens is 284 g/mol. The molecule has 3 nitrogen and oxygen atoms in total. The van der Waals surface area contributed by atoms with Gasteiger partial charge < -0.3 is 10.6 Å². The van der Waals surface area contributed by atoms with Gasteiger partial charge in [-0.15, -0.1) is 0 Å². The molecule has 0 radical (unpaired) electrons. The van der Waals surface area contributed by atoms with Gasteiger partial charge in [-0.05, 0) is 42.4 Å². The van der Waals surface area contributed by atoms with Crippen molar-refractivity contribution < 1.29 is 4.79 Å². The van der Waals surface area contributed by atoms with Crippen molar-refractivity contribution in [2.45, 2.75) is 39.5 Å². The summed E-state index contributed by atoms with van der Waals surface area (Å²) in [4.78, 5) is 12.1. The molecule has 0 unspecified atom stereocenters. The summed E-state index contributed by atoms with van der Waals surface area (Å²) in [5.74, 6) is 0.378. The van der Waals surface area contributed by atoms with Gasteiger partial charge in [-0.1, -0.05) is 62.4 Å². The molecule has 3 heteroatoms. The van der Waals surface area contributed by atoms with Crippen LogP contribution in [-0.2, 0) is 6.42 Å². The number of carbonyl (C=O) groups is 1. The molecule has 0 fully saturated rings. The van der Waals surface area contributed by atoms with Crippen LogP contribution in [0.25, 0.3) is 0 Å². The number of amides is 2. The van der Waals surface area contributed by atoms with Gasteiger partial charge in [0.2, 0.25) is 0 Å². The highest BCUT2D eigenvalue weighted by molar-refractivity contribution is 5.91. The normalized spacial score (nSPS) is 10.6. The quantitative estimate of drug-likeness (QED) is 0.734. The maximum atomic E-state index is 12.1. The van der Waals surface area contributed by atoms with Crippen LogP contribution in [0, 0.1) is 6.92 Å². The Balaban J connectivity index is 1.83. The molecule has 0 aliphatic heterocycles. The molecule has 2 N–H and O–H groups in total. The van der Waals surface area contributed by atoms with E-state index in [4.69, 9.17) is 0 Å². The molecule has 23 heavy (non-hydrogen) atoms. The third kappa shape index (κ3) is 5.13. The van der Waals surface area contributed by atoms with Crippen LogP contribution in [0.2, 0.25) is 0 Å². The molecule has 0 saturated heterocycles. The smallest absolute Gasteiger partial charge is 0.319 e. The molecule has 2 aromatic rings. The van der Waals surface area contributed by atoms with Crippen molar-refractivity contribution in [3.8, 4) is 0 Å². The van der Waals surface area contributed by atoms with Crippen LogP contribution in [0.3, 0.4) is 0 Å². The van der Waals surface area contributed by atoms with Crippen molar-refractivity contribution in [3.05, 3.63) is 65.2 Å². The minimum Gasteiger partial charge on any atom is -0.338 e. The third-order valence-corrected chi connectivity index (χ3v) is 3.94. The summed E-state index contributed by atoms with van der Waals surface area (Å²) in [5, 5.41) is 5.95. The molecule has 0 heterocycles. The average Bonchev–Trinajstić information content (AvgIpc) is 2.54. The fraction of sp³-hybridized carbons (Fsp3) is 0.350. The topological polar surface area (TPSA) is 41.1 Å². The fourth-order valence-electron chi connectivity index (χ4n) is 2.64. The number of hydrogen-bond donors (Lipinski definition) is 2. The van der Waals surface area contributed by atoms with Crippen molar-refractivity contribution in [2.24, 2.45) is 0 Å². The summed E-state index contributed by atoms with van der Waals surface area (Å²) in [6.07, 6.45) is 1.91. The highest BCUT2D eigenvalue weighted by Crippen LogP contribution is 2.27. The summed E-state index contributed by atoms with van der Waals surface area (Å²) >= 11 is 0. The highest BCUT2D eigenvalue weighted by Gasteiger charge is 2.11. The molecule has 0 bridgehead atoms. The lowest BCUT2D eigenvalue weighted by atomic mass is 9.98. The zero-order chi connectivity index (χ0) is 16.7. The van der Waals surface area contributed by atoms with E-state index in [1.807, 2.05) is 37.3 Å². The highest BCUT2D eigenvalue weighted by atomic mass is 16.2. The standard InChI is InChI=1S/C20H26N2O/c1-15(2)18-13-7-9-16(3)19(18)22-20(23)21-14-8-12-17-10-5-4-6-11-17/h4-7,9-11,13,15H,8,12,14H2,1-3H3,(H2,21,22,23). The largest absolute Gasteiger partial charge is 0.338 e. The molecule has 0 saturated carbocycles. The van der Waals surface area contributed by atoms with Gasteiger partial charge >= 0.3 is 6.03 Å². The van der Waals surface area contributed by atoms with E-state index in [0.29, 0.717) is 12.5 Å². The lowest BCUT2D eigenvalue weighted by Gasteiger charge is -2.16. The van der Waals surface area contributed by atoms with Gasteiger partial charge in [0.15, 0.2) is 0 Å². The molecule has 0 atom stereocenters. The first kappa shape index (κ1) is 17.1. The van der Waals surface area contributed by atoms with Gasteiger partial charge in [0.25, 0.3) is 0 Å². The van der Waals surface area contributed by atoms with Crippen molar-refractivity contribution in [3.63, 3.8) is 0 Å². The van der Waals surface area contributed by atoms with Gasteiger partial charge in [0.1, 0.15) is 0 Å². The fourth-order valence-corrected chi connectivity index (χ4v) is 2.64. The minimum atomic E-state index is -0.130. The Morgan fingerprint density at radius 2 is 1.78 bits per heavy atom. The van der Waals surface area contributed by atoms with E-state index in [9.17, 15) is 4.79 Å². The van der Waals surface area contributed by atoms with Gasteiger partial charge in [0, 0.05) is 12.2 Å².